The Hall–Kier alpha value is -1.15. The molecule has 0 aromatic carbocycles. The van der Waals surface area contributed by atoms with E-state index in [1.54, 1.807) is 0 Å². The van der Waals surface area contributed by atoms with Crippen LogP contribution in [-0.2, 0) is 11.3 Å². The third kappa shape index (κ3) is 3.84. The maximum Gasteiger partial charge on any atom is 0.230 e. The SMILES string of the molecule is CCNC(=O)CSc1nnnn1CCO. The fourth-order valence-corrected chi connectivity index (χ4v) is 1.65. The molecule has 1 aromatic heterocycles. The van der Waals surface area contributed by atoms with Crippen molar-refractivity contribution in [3.8, 4) is 0 Å². The summed E-state index contributed by atoms with van der Waals surface area (Å²) in [4.78, 5) is 11.1. The van der Waals surface area contributed by atoms with Crippen molar-refractivity contribution < 1.29 is 9.90 Å². The molecule has 15 heavy (non-hydrogen) atoms. The number of rotatable bonds is 6. The Morgan fingerprint density at radius 2 is 2.47 bits per heavy atom. The Morgan fingerprint density at radius 1 is 1.67 bits per heavy atom. The highest BCUT2D eigenvalue weighted by Gasteiger charge is 2.08. The van der Waals surface area contributed by atoms with Crippen LogP contribution in [0.5, 0.6) is 0 Å². The number of carbonyl (C=O) groups excluding carboxylic acids is 1. The van der Waals surface area contributed by atoms with Crippen LogP contribution in [0.15, 0.2) is 5.16 Å². The molecule has 0 fully saturated rings. The number of aliphatic hydroxyl groups excluding tert-OH is 1. The highest BCUT2D eigenvalue weighted by molar-refractivity contribution is 7.99. The van der Waals surface area contributed by atoms with Gasteiger partial charge in [-0.3, -0.25) is 4.79 Å². The zero-order valence-corrected chi connectivity index (χ0v) is 9.20. The van der Waals surface area contributed by atoms with E-state index in [4.69, 9.17) is 5.11 Å². The zero-order chi connectivity index (χ0) is 11.1. The van der Waals surface area contributed by atoms with Gasteiger partial charge in [0, 0.05) is 6.54 Å². The van der Waals surface area contributed by atoms with Crippen LogP contribution in [0.2, 0.25) is 0 Å². The number of aliphatic hydroxyl groups is 1. The lowest BCUT2D eigenvalue weighted by Crippen LogP contribution is -2.24. The first-order valence-corrected chi connectivity index (χ1v) is 5.53. The number of nitrogens with one attached hydrogen (secondary N) is 1. The Bertz CT molecular complexity index is 316. The second-order valence-corrected chi connectivity index (χ2v) is 3.59. The number of hydrogen-bond acceptors (Lipinski definition) is 6. The first-order chi connectivity index (χ1) is 7.27. The third-order valence-corrected chi connectivity index (χ3v) is 2.47. The lowest BCUT2D eigenvalue weighted by Gasteiger charge is -2.02. The van der Waals surface area contributed by atoms with Crippen LogP contribution in [0.3, 0.4) is 0 Å². The van der Waals surface area contributed by atoms with Gasteiger partial charge in [0.25, 0.3) is 0 Å². The Balaban J connectivity index is 2.42. The molecule has 1 aromatic rings. The number of tetrazole rings is 1. The van der Waals surface area contributed by atoms with Gasteiger partial charge < -0.3 is 10.4 Å². The quantitative estimate of drug-likeness (QED) is 0.603. The number of aromatic nitrogens is 4. The predicted molar refractivity (Wildman–Crippen MR) is 54.3 cm³/mol. The van der Waals surface area contributed by atoms with Gasteiger partial charge in [-0.1, -0.05) is 11.8 Å². The van der Waals surface area contributed by atoms with E-state index in [1.807, 2.05) is 6.92 Å². The Morgan fingerprint density at radius 3 is 3.13 bits per heavy atom. The normalized spacial score (nSPS) is 10.3. The summed E-state index contributed by atoms with van der Waals surface area (Å²) in [5.74, 6) is 0.223. The average molecular weight is 231 g/mol. The van der Waals surface area contributed by atoms with Crippen molar-refractivity contribution in [2.45, 2.75) is 18.6 Å². The topological polar surface area (TPSA) is 92.9 Å². The fraction of sp³-hybridized carbons (Fsp3) is 0.714. The van der Waals surface area contributed by atoms with Crippen LogP contribution in [0.25, 0.3) is 0 Å². The highest BCUT2D eigenvalue weighted by atomic mass is 32.2. The lowest BCUT2D eigenvalue weighted by atomic mass is 10.6. The van der Waals surface area contributed by atoms with Gasteiger partial charge in [0.15, 0.2) is 0 Å². The summed E-state index contributed by atoms with van der Waals surface area (Å²) in [6.45, 7) is 2.78. The molecule has 1 amide bonds. The summed E-state index contributed by atoms with van der Waals surface area (Å²) >= 11 is 1.25. The molecule has 0 spiro atoms. The van der Waals surface area contributed by atoms with Gasteiger partial charge >= 0.3 is 0 Å². The zero-order valence-electron chi connectivity index (χ0n) is 8.38. The molecule has 0 aliphatic heterocycles. The molecule has 0 bridgehead atoms. The van der Waals surface area contributed by atoms with E-state index in [9.17, 15) is 4.79 Å². The molecule has 7 nitrogen and oxygen atoms in total. The number of hydrogen-bond donors (Lipinski definition) is 2. The van der Waals surface area contributed by atoms with Crippen LogP contribution in [0, 0.1) is 0 Å². The van der Waals surface area contributed by atoms with Crippen LogP contribution in [0.4, 0.5) is 0 Å². The molecule has 2 N–H and O–H groups in total. The van der Waals surface area contributed by atoms with E-state index in [-0.39, 0.29) is 18.3 Å². The molecule has 0 saturated carbocycles. The van der Waals surface area contributed by atoms with Gasteiger partial charge in [0.05, 0.1) is 18.9 Å². The molecular formula is C7H13N5O2S. The molecule has 0 aliphatic carbocycles. The van der Waals surface area contributed by atoms with Crippen LogP contribution < -0.4 is 5.32 Å². The van der Waals surface area contributed by atoms with Crippen molar-refractivity contribution in [3.63, 3.8) is 0 Å². The van der Waals surface area contributed by atoms with E-state index < -0.39 is 0 Å². The standard InChI is InChI=1S/C7H13N5O2S/c1-2-8-6(14)5-15-7-9-10-11-12(7)3-4-13/h13H,2-5H2,1H3,(H,8,14). The first-order valence-electron chi connectivity index (χ1n) is 4.54. The maximum absolute atomic E-state index is 11.1. The van der Waals surface area contributed by atoms with Gasteiger partial charge in [-0.05, 0) is 17.4 Å². The van der Waals surface area contributed by atoms with E-state index in [0.717, 1.165) is 0 Å². The van der Waals surface area contributed by atoms with Crippen molar-refractivity contribution in [1.29, 1.82) is 0 Å². The number of carbonyl (C=O) groups is 1. The summed E-state index contributed by atoms with van der Waals surface area (Å²) < 4.78 is 1.46. The molecule has 0 saturated heterocycles. The minimum Gasteiger partial charge on any atom is -0.394 e. The fourth-order valence-electron chi connectivity index (χ4n) is 0.913. The number of amides is 1. The summed E-state index contributed by atoms with van der Waals surface area (Å²) in [7, 11) is 0. The first kappa shape index (κ1) is 11.9. The minimum atomic E-state index is -0.0546. The summed E-state index contributed by atoms with van der Waals surface area (Å²) in [5, 5.41) is 22.8. The molecule has 0 unspecified atom stereocenters. The second kappa shape index (κ2) is 6.36. The number of nitrogens with zero attached hydrogens (tertiary/aromatic N) is 4. The highest BCUT2D eigenvalue weighted by Crippen LogP contribution is 2.12. The van der Waals surface area contributed by atoms with Gasteiger partial charge in [0.2, 0.25) is 11.1 Å². The minimum absolute atomic E-state index is 0.0280. The Labute approximate surface area is 91.2 Å². The molecule has 1 rings (SSSR count). The molecule has 0 atom stereocenters. The van der Waals surface area contributed by atoms with Crippen LogP contribution in [-0.4, -0.2) is 50.1 Å². The molecule has 0 radical (unpaired) electrons. The van der Waals surface area contributed by atoms with E-state index in [2.05, 4.69) is 20.8 Å². The smallest absolute Gasteiger partial charge is 0.230 e. The molecular weight excluding hydrogens is 218 g/mol. The van der Waals surface area contributed by atoms with Crippen molar-refractivity contribution in [2.24, 2.45) is 0 Å². The van der Waals surface area contributed by atoms with Gasteiger partial charge in [-0.15, -0.1) is 5.10 Å². The monoisotopic (exact) mass is 231 g/mol. The maximum atomic E-state index is 11.1. The summed E-state index contributed by atoms with van der Waals surface area (Å²) in [6, 6.07) is 0. The van der Waals surface area contributed by atoms with Crippen LogP contribution >= 0.6 is 11.8 Å². The molecule has 84 valence electrons. The van der Waals surface area contributed by atoms with Gasteiger partial charge in [-0.25, -0.2) is 4.68 Å². The summed E-state index contributed by atoms with van der Waals surface area (Å²) in [6.07, 6.45) is 0. The lowest BCUT2D eigenvalue weighted by molar-refractivity contribution is -0.118. The van der Waals surface area contributed by atoms with E-state index >= 15 is 0 Å². The van der Waals surface area contributed by atoms with Crippen molar-refractivity contribution in [1.82, 2.24) is 25.5 Å². The largest absolute Gasteiger partial charge is 0.394 e. The number of thioether (sulfide) groups is 1. The second-order valence-electron chi connectivity index (χ2n) is 2.65. The van der Waals surface area contributed by atoms with Crippen LogP contribution in [0.1, 0.15) is 6.92 Å². The average Bonchev–Trinajstić information content (AvgIpc) is 2.64. The van der Waals surface area contributed by atoms with Gasteiger partial charge in [0.1, 0.15) is 0 Å². The third-order valence-electron chi connectivity index (χ3n) is 1.52. The molecule has 8 heteroatoms. The van der Waals surface area contributed by atoms with Crippen molar-refractivity contribution in [2.75, 3.05) is 18.9 Å². The van der Waals surface area contributed by atoms with Gasteiger partial charge in [-0.2, -0.15) is 0 Å². The van der Waals surface area contributed by atoms with E-state index in [0.29, 0.717) is 18.2 Å². The predicted octanol–water partition coefficient (Wildman–Crippen LogP) is -1.11. The Kier molecular flexibility index (Phi) is 5.05. The molecule has 1 heterocycles. The molecule has 0 aliphatic rings. The summed E-state index contributed by atoms with van der Waals surface area (Å²) in [5.41, 5.74) is 0. The van der Waals surface area contributed by atoms with E-state index in [1.165, 1.54) is 16.4 Å². The van der Waals surface area contributed by atoms with Crippen molar-refractivity contribution >= 4 is 17.7 Å². The van der Waals surface area contributed by atoms with Crippen molar-refractivity contribution in [3.05, 3.63) is 0 Å².